The lowest BCUT2D eigenvalue weighted by Crippen LogP contribution is -2.42. The summed E-state index contributed by atoms with van der Waals surface area (Å²) < 4.78 is 0. The molecule has 134 valence electrons. The maximum absolute atomic E-state index is 12.8. The molecule has 2 aromatic rings. The molecule has 6 heteroatoms. The molecule has 1 atom stereocenters. The topological polar surface area (TPSA) is 78.5 Å². The number of benzene rings is 2. The number of anilines is 1. The number of hydrogen-bond donors (Lipinski definition) is 2. The van der Waals surface area contributed by atoms with Gasteiger partial charge in [-0.05, 0) is 43.5 Å². The van der Waals surface area contributed by atoms with Crippen LogP contribution >= 0.6 is 0 Å². The van der Waals surface area contributed by atoms with Crippen molar-refractivity contribution in [1.82, 2.24) is 10.2 Å². The quantitative estimate of drug-likeness (QED) is 0.832. The molecule has 1 unspecified atom stereocenters. The van der Waals surface area contributed by atoms with Crippen LogP contribution in [0.2, 0.25) is 0 Å². The Kier molecular flexibility index (Phi) is 4.50. The number of carbonyl (C=O) groups is 3. The van der Waals surface area contributed by atoms with E-state index >= 15 is 0 Å². The Balaban J connectivity index is 1.76. The Morgan fingerprint density at radius 1 is 1.12 bits per heavy atom. The van der Waals surface area contributed by atoms with E-state index in [-0.39, 0.29) is 6.54 Å². The molecule has 2 aromatic carbocycles. The molecular formula is C20H21N3O3. The Labute approximate surface area is 152 Å². The van der Waals surface area contributed by atoms with Crippen LogP contribution in [0.15, 0.2) is 48.5 Å². The number of urea groups is 1. The van der Waals surface area contributed by atoms with Crippen molar-refractivity contribution in [2.45, 2.75) is 26.3 Å². The number of carbonyl (C=O) groups excluding carboxylic acids is 3. The molecule has 26 heavy (non-hydrogen) atoms. The predicted octanol–water partition coefficient (Wildman–Crippen LogP) is 2.71. The Bertz CT molecular complexity index is 879. The maximum Gasteiger partial charge on any atom is 0.325 e. The fraction of sp³-hybridized carbons (Fsp3) is 0.250. The monoisotopic (exact) mass is 351 g/mol. The Morgan fingerprint density at radius 3 is 2.50 bits per heavy atom. The Hall–Kier alpha value is -3.15. The molecule has 1 aliphatic heterocycles. The molecule has 3 rings (SSSR count). The van der Waals surface area contributed by atoms with Crippen molar-refractivity contribution in [2.75, 3.05) is 11.9 Å². The van der Waals surface area contributed by atoms with E-state index in [2.05, 4.69) is 10.6 Å². The van der Waals surface area contributed by atoms with E-state index in [9.17, 15) is 14.4 Å². The zero-order valence-electron chi connectivity index (χ0n) is 15.0. The second kappa shape index (κ2) is 6.63. The van der Waals surface area contributed by atoms with Gasteiger partial charge in [-0.3, -0.25) is 14.5 Å². The van der Waals surface area contributed by atoms with Gasteiger partial charge in [-0.2, -0.15) is 0 Å². The standard InChI is InChI=1S/C20H21N3O3/c1-13-9-10-14(2)16(11-13)21-17(24)12-23-18(25)20(3,22-19(23)26)15-7-5-4-6-8-15/h4-11H,12H2,1-3H3,(H,21,24)(H,22,26). The van der Waals surface area contributed by atoms with Crippen molar-refractivity contribution in [3.05, 3.63) is 65.2 Å². The average Bonchev–Trinajstić information content (AvgIpc) is 2.83. The van der Waals surface area contributed by atoms with Gasteiger partial charge in [0.1, 0.15) is 12.1 Å². The minimum absolute atomic E-state index is 0.333. The molecule has 6 nitrogen and oxygen atoms in total. The summed E-state index contributed by atoms with van der Waals surface area (Å²) in [5.41, 5.74) is 2.11. The van der Waals surface area contributed by atoms with Crippen molar-refractivity contribution < 1.29 is 14.4 Å². The van der Waals surface area contributed by atoms with Crippen LogP contribution in [0.1, 0.15) is 23.6 Å². The summed E-state index contributed by atoms with van der Waals surface area (Å²) in [6.07, 6.45) is 0. The molecular weight excluding hydrogens is 330 g/mol. The summed E-state index contributed by atoms with van der Waals surface area (Å²) in [5, 5.41) is 5.47. The van der Waals surface area contributed by atoms with E-state index in [1.807, 2.05) is 38.1 Å². The van der Waals surface area contributed by atoms with Gasteiger partial charge >= 0.3 is 6.03 Å². The van der Waals surface area contributed by atoms with Crippen LogP contribution in [0.25, 0.3) is 0 Å². The minimum Gasteiger partial charge on any atom is -0.324 e. The summed E-state index contributed by atoms with van der Waals surface area (Å²) >= 11 is 0. The maximum atomic E-state index is 12.8. The number of nitrogens with zero attached hydrogens (tertiary/aromatic N) is 1. The van der Waals surface area contributed by atoms with Crippen LogP contribution in [0.3, 0.4) is 0 Å². The third kappa shape index (κ3) is 3.18. The molecule has 1 fully saturated rings. The van der Waals surface area contributed by atoms with Gasteiger partial charge in [0.25, 0.3) is 5.91 Å². The van der Waals surface area contributed by atoms with E-state index < -0.39 is 23.4 Å². The van der Waals surface area contributed by atoms with Gasteiger partial charge in [0, 0.05) is 5.69 Å². The third-order valence-corrected chi connectivity index (χ3v) is 4.59. The summed E-state index contributed by atoms with van der Waals surface area (Å²) in [7, 11) is 0. The number of aryl methyl sites for hydroxylation is 2. The second-order valence-corrected chi connectivity index (χ2v) is 6.68. The van der Waals surface area contributed by atoms with Crippen molar-refractivity contribution in [3.63, 3.8) is 0 Å². The summed E-state index contributed by atoms with van der Waals surface area (Å²) in [4.78, 5) is 38.4. The molecule has 4 amide bonds. The highest BCUT2D eigenvalue weighted by Crippen LogP contribution is 2.28. The van der Waals surface area contributed by atoms with Crippen LogP contribution in [-0.4, -0.2) is 29.3 Å². The lowest BCUT2D eigenvalue weighted by atomic mass is 9.92. The zero-order valence-corrected chi connectivity index (χ0v) is 15.0. The molecule has 0 aliphatic carbocycles. The minimum atomic E-state index is -1.17. The first kappa shape index (κ1) is 17.7. The van der Waals surface area contributed by atoms with Gasteiger partial charge in [-0.1, -0.05) is 42.5 Å². The van der Waals surface area contributed by atoms with Crippen LogP contribution in [0.5, 0.6) is 0 Å². The first-order chi connectivity index (χ1) is 12.3. The summed E-state index contributed by atoms with van der Waals surface area (Å²) in [6, 6.07) is 14.1. The van der Waals surface area contributed by atoms with E-state index in [0.29, 0.717) is 11.3 Å². The zero-order chi connectivity index (χ0) is 18.9. The van der Waals surface area contributed by atoms with E-state index in [1.54, 1.807) is 31.2 Å². The number of nitrogens with one attached hydrogen (secondary N) is 2. The SMILES string of the molecule is Cc1ccc(C)c(NC(=O)CN2C(=O)NC(C)(c3ccccc3)C2=O)c1. The first-order valence-corrected chi connectivity index (χ1v) is 8.38. The van der Waals surface area contributed by atoms with Crippen molar-refractivity contribution >= 4 is 23.5 Å². The van der Waals surface area contributed by atoms with Crippen LogP contribution in [0, 0.1) is 13.8 Å². The lowest BCUT2D eigenvalue weighted by molar-refractivity contribution is -0.133. The molecule has 0 aromatic heterocycles. The third-order valence-electron chi connectivity index (χ3n) is 4.59. The molecule has 1 saturated heterocycles. The highest BCUT2D eigenvalue weighted by molar-refractivity contribution is 6.10. The highest BCUT2D eigenvalue weighted by atomic mass is 16.2. The van der Waals surface area contributed by atoms with E-state index in [1.165, 1.54) is 0 Å². The van der Waals surface area contributed by atoms with Crippen molar-refractivity contribution in [3.8, 4) is 0 Å². The van der Waals surface area contributed by atoms with E-state index in [4.69, 9.17) is 0 Å². The molecule has 0 spiro atoms. The van der Waals surface area contributed by atoms with Gasteiger partial charge in [0.05, 0.1) is 0 Å². The second-order valence-electron chi connectivity index (χ2n) is 6.68. The number of imide groups is 1. The fourth-order valence-corrected chi connectivity index (χ4v) is 3.01. The summed E-state index contributed by atoms with van der Waals surface area (Å²) in [5.74, 6) is -0.857. The van der Waals surface area contributed by atoms with Gasteiger partial charge in [0.2, 0.25) is 5.91 Å². The lowest BCUT2D eigenvalue weighted by Gasteiger charge is -2.22. The van der Waals surface area contributed by atoms with Gasteiger partial charge in [-0.15, -0.1) is 0 Å². The number of rotatable bonds is 4. The normalized spacial score (nSPS) is 19.4. The fourth-order valence-electron chi connectivity index (χ4n) is 3.01. The van der Waals surface area contributed by atoms with Crippen molar-refractivity contribution in [1.29, 1.82) is 0 Å². The van der Waals surface area contributed by atoms with E-state index in [0.717, 1.165) is 16.0 Å². The van der Waals surface area contributed by atoms with Gasteiger partial charge in [-0.25, -0.2) is 4.79 Å². The highest BCUT2D eigenvalue weighted by Gasteiger charge is 2.49. The van der Waals surface area contributed by atoms with Crippen molar-refractivity contribution in [2.24, 2.45) is 0 Å². The molecule has 0 saturated carbocycles. The Morgan fingerprint density at radius 2 is 1.81 bits per heavy atom. The summed E-state index contributed by atoms with van der Waals surface area (Å²) in [6.45, 7) is 5.12. The number of hydrogen-bond acceptors (Lipinski definition) is 3. The molecule has 2 N–H and O–H groups in total. The van der Waals surface area contributed by atoms with Gasteiger partial charge in [0.15, 0.2) is 0 Å². The molecule has 0 bridgehead atoms. The molecule has 0 radical (unpaired) electrons. The predicted molar refractivity (Wildman–Crippen MR) is 98.6 cm³/mol. The molecule has 1 aliphatic rings. The van der Waals surface area contributed by atoms with Crippen LogP contribution in [-0.2, 0) is 15.1 Å². The first-order valence-electron chi connectivity index (χ1n) is 8.38. The molecule has 1 heterocycles. The van der Waals surface area contributed by atoms with Crippen LogP contribution < -0.4 is 10.6 Å². The average molecular weight is 351 g/mol. The smallest absolute Gasteiger partial charge is 0.324 e. The number of amides is 4. The van der Waals surface area contributed by atoms with Gasteiger partial charge < -0.3 is 10.6 Å². The van der Waals surface area contributed by atoms with Crippen LogP contribution in [0.4, 0.5) is 10.5 Å². The largest absolute Gasteiger partial charge is 0.325 e.